The van der Waals surface area contributed by atoms with Gasteiger partial charge in [0.15, 0.2) is 11.5 Å². The lowest BCUT2D eigenvalue weighted by Crippen LogP contribution is -1.98. The van der Waals surface area contributed by atoms with Gasteiger partial charge in [-0.25, -0.2) is 0 Å². The van der Waals surface area contributed by atoms with Crippen molar-refractivity contribution in [3.05, 3.63) is 52.1 Å². The highest BCUT2D eigenvalue weighted by Gasteiger charge is 2.15. The minimum absolute atomic E-state index is 0.117. The van der Waals surface area contributed by atoms with E-state index < -0.39 is 4.92 Å². The van der Waals surface area contributed by atoms with Crippen LogP contribution < -0.4 is 14.8 Å². The number of anilines is 2. The lowest BCUT2D eigenvalue weighted by atomic mass is 10.1. The summed E-state index contributed by atoms with van der Waals surface area (Å²) in [4.78, 5) is 10.6. The number of nitrogens with one attached hydrogen (secondary N) is 1. The molecular formula is C15H13N3O4. The smallest absolute Gasteiger partial charge is 0.292 e. The molecule has 0 aliphatic rings. The first-order chi connectivity index (χ1) is 10.6. The van der Waals surface area contributed by atoms with E-state index in [1.165, 1.54) is 32.4 Å². The van der Waals surface area contributed by atoms with Crippen molar-refractivity contribution in [1.29, 1.82) is 5.26 Å². The van der Waals surface area contributed by atoms with Crippen LogP contribution in [0.1, 0.15) is 5.56 Å². The Morgan fingerprint density at radius 1 is 1.14 bits per heavy atom. The predicted molar refractivity (Wildman–Crippen MR) is 80.6 cm³/mol. The van der Waals surface area contributed by atoms with Crippen LogP contribution in [0.25, 0.3) is 0 Å². The predicted octanol–water partition coefficient (Wildman–Crippen LogP) is 3.23. The summed E-state index contributed by atoms with van der Waals surface area (Å²) in [5, 5.41) is 22.9. The maximum Gasteiger partial charge on any atom is 0.292 e. The molecule has 1 N–H and O–H groups in total. The molecule has 0 unspecified atom stereocenters. The number of nitro benzene ring substituents is 1. The lowest BCUT2D eigenvalue weighted by Gasteiger charge is -2.11. The van der Waals surface area contributed by atoms with Gasteiger partial charge in [0.2, 0.25) is 0 Å². The van der Waals surface area contributed by atoms with Crippen molar-refractivity contribution in [3.63, 3.8) is 0 Å². The molecule has 0 saturated heterocycles. The first kappa shape index (κ1) is 15.1. The maximum atomic E-state index is 11.1. The standard InChI is InChI=1S/C15H13N3O4/c1-21-14-6-4-11(8-15(14)22-2)17-12-7-10(9-16)3-5-13(12)18(19)20/h3-8,17H,1-2H3. The van der Waals surface area contributed by atoms with Gasteiger partial charge in [-0.1, -0.05) is 0 Å². The van der Waals surface area contributed by atoms with Crippen molar-refractivity contribution >= 4 is 17.1 Å². The molecule has 7 heteroatoms. The van der Waals surface area contributed by atoms with Gasteiger partial charge < -0.3 is 14.8 Å². The second kappa shape index (κ2) is 6.45. The average molecular weight is 299 g/mol. The fraction of sp³-hybridized carbons (Fsp3) is 0.133. The molecule has 0 heterocycles. The Balaban J connectivity index is 2.42. The number of hydrogen-bond acceptors (Lipinski definition) is 6. The zero-order valence-corrected chi connectivity index (χ0v) is 12.0. The average Bonchev–Trinajstić information content (AvgIpc) is 2.54. The van der Waals surface area contributed by atoms with Crippen molar-refractivity contribution in [2.24, 2.45) is 0 Å². The van der Waals surface area contributed by atoms with Crippen molar-refractivity contribution in [1.82, 2.24) is 0 Å². The SMILES string of the molecule is COc1ccc(Nc2cc(C#N)ccc2[N+](=O)[O-])cc1OC. The Bertz CT molecular complexity index is 753. The molecule has 112 valence electrons. The summed E-state index contributed by atoms with van der Waals surface area (Å²) in [7, 11) is 3.02. The molecule has 0 aliphatic carbocycles. The van der Waals surface area contributed by atoms with Gasteiger partial charge in [0.05, 0.1) is 30.8 Å². The Labute approximate surface area is 126 Å². The topological polar surface area (TPSA) is 97.4 Å². The van der Waals surface area contributed by atoms with Crippen LogP contribution in [-0.4, -0.2) is 19.1 Å². The Morgan fingerprint density at radius 3 is 2.45 bits per heavy atom. The van der Waals surface area contributed by atoms with Gasteiger partial charge in [0.25, 0.3) is 5.69 Å². The fourth-order valence-electron chi connectivity index (χ4n) is 1.93. The van der Waals surface area contributed by atoms with Crippen molar-refractivity contribution < 1.29 is 14.4 Å². The monoisotopic (exact) mass is 299 g/mol. The molecule has 0 aliphatic heterocycles. The molecule has 0 atom stereocenters. The molecule has 2 aromatic rings. The Morgan fingerprint density at radius 2 is 1.86 bits per heavy atom. The van der Waals surface area contributed by atoms with Crippen LogP contribution in [-0.2, 0) is 0 Å². The zero-order valence-electron chi connectivity index (χ0n) is 12.0. The van der Waals surface area contributed by atoms with Crippen molar-refractivity contribution in [3.8, 4) is 17.6 Å². The van der Waals surface area contributed by atoms with E-state index in [9.17, 15) is 10.1 Å². The number of rotatable bonds is 5. The molecule has 0 amide bonds. The third kappa shape index (κ3) is 3.07. The van der Waals surface area contributed by atoms with E-state index >= 15 is 0 Å². The molecule has 0 fully saturated rings. The van der Waals surface area contributed by atoms with Crippen molar-refractivity contribution in [2.75, 3.05) is 19.5 Å². The first-order valence-electron chi connectivity index (χ1n) is 6.26. The van der Waals surface area contributed by atoms with E-state index in [0.29, 0.717) is 22.7 Å². The van der Waals surface area contributed by atoms with Gasteiger partial charge in [-0.2, -0.15) is 5.26 Å². The second-order valence-corrected chi connectivity index (χ2v) is 4.30. The van der Waals surface area contributed by atoms with E-state index in [4.69, 9.17) is 14.7 Å². The molecule has 0 spiro atoms. The highest BCUT2D eigenvalue weighted by atomic mass is 16.6. The van der Waals surface area contributed by atoms with Gasteiger partial charge in [0, 0.05) is 17.8 Å². The molecule has 2 rings (SSSR count). The molecule has 22 heavy (non-hydrogen) atoms. The lowest BCUT2D eigenvalue weighted by molar-refractivity contribution is -0.383. The van der Waals surface area contributed by atoms with Gasteiger partial charge in [-0.15, -0.1) is 0 Å². The van der Waals surface area contributed by atoms with E-state index in [1.807, 2.05) is 6.07 Å². The largest absolute Gasteiger partial charge is 0.493 e. The third-order valence-corrected chi connectivity index (χ3v) is 2.98. The molecule has 0 aromatic heterocycles. The number of benzene rings is 2. The number of hydrogen-bond donors (Lipinski definition) is 1. The number of nitrogens with zero attached hydrogens (tertiary/aromatic N) is 2. The van der Waals surface area contributed by atoms with E-state index in [-0.39, 0.29) is 11.4 Å². The van der Waals surface area contributed by atoms with Crippen LogP contribution in [0.2, 0.25) is 0 Å². The number of nitro groups is 1. The van der Waals surface area contributed by atoms with E-state index in [2.05, 4.69) is 5.32 Å². The highest BCUT2D eigenvalue weighted by Crippen LogP contribution is 2.33. The zero-order chi connectivity index (χ0) is 16.1. The van der Waals surface area contributed by atoms with Gasteiger partial charge in [-0.05, 0) is 24.3 Å². The summed E-state index contributed by atoms with van der Waals surface area (Å²) in [5.41, 5.74) is 1.02. The van der Waals surface area contributed by atoms with Gasteiger partial charge in [-0.3, -0.25) is 10.1 Å². The Kier molecular flexibility index (Phi) is 4.44. The number of nitriles is 1. The minimum atomic E-state index is -0.510. The maximum absolute atomic E-state index is 11.1. The first-order valence-corrected chi connectivity index (χ1v) is 6.26. The third-order valence-electron chi connectivity index (χ3n) is 2.98. The molecule has 0 bridgehead atoms. The van der Waals surface area contributed by atoms with Gasteiger partial charge in [0.1, 0.15) is 5.69 Å². The summed E-state index contributed by atoms with van der Waals surface area (Å²) >= 11 is 0. The highest BCUT2D eigenvalue weighted by molar-refractivity contribution is 5.72. The molecule has 0 radical (unpaired) electrons. The summed E-state index contributed by atoms with van der Waals surface area (Å²) in [6, 6.07) is 11.1. The Hall–Kier alpha value is -3.27. The normalized spacial score (nSPS) is 9.68. The van der Waals surface area contributed by atoms with Crippen LogP contribution in [0.15, 0.2) is 36.4 Å². The van der Waals surface area contributed by atoms with Gasteiger partial charge >= 0.3 is 0 Å². The minimum Gasteiger partial charge on any atom is -0.493 e. The number of ether oxygens (including phenoxy) is 2. The molecule has 0 saturated carbocycles. The van der Waals surface area contributed by atoms with E-state index in [1.54, 1.807) is 18.2 Å². The van der Waals surface area contributed by atoms with Crippen LogP contribution in [0.3, 0.4) is 0 Å². The van der Waals surface area contributed by atoms with Crippen LogP contribution in [0.4, 0.5) is 17.1 Å². The quantitative estimate of drug-likeness (QED) is 0.672. The summed E-state index contributed by atoms with van der Waals surface area (Å²) in [5.74, 6) is 1.04. The number of methoxy groups -OCH3 is 2. The van der Waals surface area contributed by atoms with Crippen LogP contribution >= 0.6 is 0 Å². The molecular weight excluding hydrogens is 286 g/mol. The van der Waals surface area contributed by atoms with Crippen LogP contribution in [0, 0.1) is 21.4 Å². The van der Waals surface area contributed by atoms with Crippen LogP contribution in [0.5, 0.6) is 11.5 Å². The van der Waals surface area contributed by atoms with Crippen molar-refractivity contribution in [2.45, 2.75) is 0 Å². The fourth-order valence-corrected chi connectivity index (χ4v) is 1.93. The molecule has 2 aromatic carbocycles. The summed E-state index contributed by atoms with van der Waals surface area (Å²) in [6.45, 7) is 0. The molecule has 7 nitrogen and oxygen atoms in total. The van der Waals surface area contributed by atoms with E-state index in [0.717, 1.165) is 0 Å². The second-order valence-electron chi connectivity index (χ2n) is 4.30. The summed E-state index contributed by atoms with van der Waals surface area (Å²) < 4.78 is 10.3. The summed E-state index contributed by atoms with van der Waals surface area (Å²) in [6.07, 6.45) is 0.